The lowest BCUT2D eigenvalue weighted by Crippen LogP contribution is -2.45. The molecule has 130 valence electrons. The highest BCUT2D eigenvalue weighted by atomic mass is 35.5. The molecule has 1 saturated heterocycles. The van der Waals surface area contributed by atoms with Gasteiger partial charge in [-0.15, -0.1) is 0 Å². The van der Waals surface area contributed by atoms with Gasteiger partial charge in [0, 0.05) is 19.6 Å². The molecule has 24 heavy (non-hydrogen) atoms. The van der Waals surface area contributed by atoms with Gasteiger partial charge in [-0.25, -0.2) is 4.79 Å². The van der Waals surface area contributed by atoms with Crippen LogP contribution in [0.1, 0.15) is 36.5 Å². The van der Waals surface area contributed by atoms with Crippen LogP contribution in [0.4, 0.5) is 4.79 Å². The predicted octanol–water partition coefficient (Wildman–Crippen LogP) is 3.99. The first-order valence-electron chi connectivity index (χ1n) is 8.04. The summed E-state index contributed by atoms with van der Waals surface area (Å²) in [5.74, 6) is -0.173. The summed E-state index contributed by atoms with van der Waals surface area (Å²) in [5, 5.41) is 9.78. The first kappa shape index (κ1) is 17.4. The van der Waals surface area contributed by atoms with E-state index >= 15 is 0 Å². The van der Waals surface area contributed by atoms with Gasteiger partial charge in [0.15, 0.2) is 0 Å². The molecular formula is C17H20Cl2N2O3. The number of carbonyl (C=O) groups is 2. The van der Waals surface area contributed by atoms with Crippen molar-refractivity contribution < 1.29 is 14.7 Å². The minimum Gasteiger partial charge on any atom is -0.465 e. The van der Waals surface area contributed by atoms with Gasteiger partial charge in [0.1, 0.15) is 0 Å². The number of benzene rings is 1. The predicted molar refractivity (Wildman–Crippen MR) is 92.8 cm³/mol. The summed E-state index contributed by atoms with van der Waals surface area (Å²) in [5.41, 5.74) is 0.499. The fraction of sp³-hybridized carbons (Fsp3) is 0.529. The number of likely N-dealkylation sites (tertiary alicyclic amines) is 1. The zero-order chi connectivity index (χ0) is 17.5. The quantitative estimate of drug-likeness (QED) is 0.871. The molecule has 1 aromatic carbocycles. The Morgan fingerprint density at radius 1 is 1.38 bits per heavy atom. The van der Waals surface area contributed by atoms with Crippen molar-refractivity contribution in [2.75, 3.05) is 19.6 Å². The topological polar surface area (TPSA) is 60.9 Å². The lowest BCUT2D eigenvalue weighted by atomic mass is 10.1. The number of hydrogen-bond donors (Lipinski definition) is 1. The van der Waals surface area contributed by atoms with E-state index in [0.717, 1.165) is 12.8 Å². The molecule has 0 bridgehead atoms. The SMILES string of the molecule is CC1(CN(C(=O)c2cccc(Cl)c2Cl)[C@H]2CCN(C(=O)O)C2)CC1. The summed E-state index contributed by atoms with van der Waals surface area (Å²) >= 11 is 12.3. The van der Waals surface area contributed by atoms with Gasteiger partial charge in [0.2, 0.25) is 0 Å². The highest BCUT2D eigenvalue weighted by Gasteiger charge is 2.43. The zero-order valence-corrected chi connectivity index (χ0v) is 15.0. The Morgan fingerprint density at radius 2 is 2.08 bits per heavy atom. The van der Waals surface area contributed by atoms with Gasteiger partial charge in [-0.05, 0) is 36.8 Å². The van der Waals surface area contributed by atoms with Crippen molar-refractivity contribution in [2.45, 2.75) is 32.2 Å². The van der Waals surface area contributed by atoms with Crippen molar-refractivity contribution in [1.82, 2.24) is 9.80 Å². The highest BCUT2D eigenvalue weighted by Crippen LogP contribution is 2.46. The van der Waals surface area contributed by atoms with Gasteiger partial charge in [-0.3, -0.25) is 4.79 Å². The number of nitrogens with zero attached hydrogens (tertiary/aromatic N) is 2. The average molecular weight is 371 g/mol. The smallest absolute Gasteiger partial charge is 0.407 e. The molecule has 2 amide bonds. The van der Waals surface area contributed by atoms with Crippen molar-refractivity contribution in [3.05, 3.63) is 33.8 Å². The highest BCUT2D eigenvalue weighted by molar-refractivity contribution is 6.43. The van der Waals surface area contributed by atoms with Gasteiger partial charge in [-0.1, -0.05) is 36.2 Å². The second kappa shape index (κ2) is 6.45. The van der Waals surface area contributed by atoms with E-state index in [4.69, 9.17) is 23.2 Å². The van der Waals surface area contributed by atoms with Crippen LogP contribution in [0.15, 0.2) is 18.2 Å². The van der Waals surface area contributed by atoms with Crippen molar-refractivity contribution in [3.8, 4) is 0 Å². The molecule has 0 spiro atoms. The third kappa shape index (κ3) is 3.47. The molecule has 5 nitrogen and oxygen atoms in total. The molecule has 2 fully saturated rings. The minimum absolute atomic E-state index is 0.122. The summed E-state index contributed by atoms with van der Waals surface area (Å²) in [6, 6.07) is 4.90. The van der Waals surface area contributed by atoms with Crippen LogP contribution in [-0.2, 0) is 0 Å². The van der Waals surface area contributed by atoms with E-state index in [1.165, 1.54) is 4.90 Å². The number of halogens is 2. The van der Waals surface area contributed by atoms with E-state index in [1.54, 1.807) is 23.1 Å². The summed E-state index contributed by atoms with van der Waals surface area (Å²) in [6.45, 7) is 3.56. The lowest BCUT2D eigenvalue weighted by Gasteiger charge is -2.32. The molecular weight excluding hydrogens is 351 g/mol. The summed E-state index contributed by atoms with van der Waals surface area (Å²) in [4.78, 5) is 27.5. The first-order valence-corrected chi connectivity index (χ1v) is 8.79. The van der Waals surface area contributed by atoms with Crippen molar-refractivity contribution in [3.63, 3.8) is 0 Å². The van der Waals surface area contributed by atoms with E-state index in [9.17, 15) is 14.7 Å². The van der Waals surface area contributed by atoms with E-state index in [-0.39, 0.29) is 22.4 Å². The first-order chi connectivity index (χ1) is 11.3. The Morgan fingerprint density at radius 3 is 2.67 bits per heavy atom. The van der Waals surface area contributed by atoms with Crippen LogP contribution in [0.25, 0.3) is 0 Å². The maximum atomic E-state index is 13.1. The molecule has 1 aromatic rings. The fourth-order valence-corrected chi connectivity index (χ4v) is 3.52. The molecule has 0 aromatic heterocycles. The molecule has 1 atom stereocenters. The van der Waals surface area contributed by atoms with Crippen LogP contribution in [0.3, 0.4) is 0 Å². The summed E-state index contributed by atoms with van der Waals surface area (Å²) in [6.07, 6.45) is 1.86. The molecule has 1 aliphatic heterocycles. The van der Waals surface area contributed by atoms with Crippen molar-refractivity contribution in [2.24, 2.45) is 5.41 Å². The molecule has 7 heteroatoms. The molecule has 1 N–H and O–H groups in total. The third-order valence-corrected chi connectivity index (χ3v) is 5.79. The van der Waals surface area contributed by atoms with Crippen LogP contribution in [0.2, 0.25) is 10.0 Å². The monoisotopic (exact) mass is 370 g/mol. The van der Waals surface area contributed by atoms with Crippen LogP contribution >= 0.6 is 23.2 Å². The second-order valence-corrected chi connectivity index (χ2v) is 7.80. The standard InChI is InChI=1S/C17H20Cl2N2O3/c1-17(6-7-17)10-21(11-5-8-20(9-11)16(23)24)15(22)12-3-2-4-13(18)14(12)19/h2-4,11H,5-10H2,1H3,(H,23,24)/t11-/m0/s1. The second-order valence-electron chi connectivity index (χ2n) is 7.02. The van der Waals surface area contributed by atoms with Gasteiger partial charge >= 0.3 is 6.09 Å². The van der Waals surface area contributed by atoms with E-state index < -0.39 is 6.09 Å². The van der Waals surface area contributed by atoms with Gasteiger partial charge in [0.05, 0.1) is 21.7 Å². The van der Waals surface area contributed by atoms with Gasteiger partial charge in [-0.2, -0.15) is 0 Å². The molecule has 2 aliphatic rings. The number of amides is 2. The number of rotatable bonds is 4. The van der Waals surface area contributed by atoms with Crippen LogP contribution in [0.5, 0.6) is 0 Å². The Balaban J connectivity index is 1.86. The van der Waals surface area contributed by atoms with Crippen LogP contribution in [-0.4, -0.2) is 52.6 Å². The fourth-order valence-electron chi connectivity index (χ4n) is 3.14. The largest absolute Gasteiger partial charge is 0.465 e. The average Bonchev–Trinajstić information content (AvgIpc) is 3.07. The lowest BCUT2D eigenvalue weighted by molar-refractivity contribution is 0.0637. The van der Waals surface area contributed by atoms with E-state index in [0.29, 0.717) is 36.6 Å². The molecule has 1 saturated carbocycles. The molecule has 0 unspecified atom stereocenters. The molecule has 1 heterocycles. The molecule has 0 radical (unpaired) electrons. The Kier molecular flexibility index (Phi) is 4.67. The Hall–Kier alpha value is -1.46. The Labute approximate surface area is 151 Å². The normalized spacial score (nSPS) is 21.6. The van der Waals surface area contributed by atoms with Crippen molar-refractivity contribution in [1.29, 1.82) is 0 Å². The number of hydrogen-bond acceptors (Lipinski definition) is 2. The molecule has 3 rings (SSSR count). The van der Waals surface area contributed by atoms with E-state index in [1.807, 2.05) is 0 Å². The summed E-state index contributed by atoms with van der Waals surface area (Å²) in [7, 11) is 0. The van der Waals surface area contributed by atoms with Crippen LogP contribution < -0.4 is 0 Å². The molecule has 1 aliphatic carbocycles. The Bertz CT molecular complexity index is 676. The summed E-state index contributed by atoms with van der Waals surface area (Å²) < 4.78 is 0. The maximum absolute atomic E-state index is 13.1. The van der Waals surface area contributed by atoms with Crippen molar-refractivity contribution >= 4 is 35.2 Å². The number of carboxylic acid groups (broad SMARTS) is 1. The van der Waals surface area contributed by atoms with Gasteiger partial charge < -0.3 is 14.9 Å². The maximum Gasteiger partial charge on any atom is 0.407 e. The zero-order valence-electron chi connectivity index (χ0n) is 13.5. The third-order valence-electron chi connectivity index (χ3n) is 4.97. The number of carbonyl (C=O) groups excluding carboxylic acids is 1. The minimum atomic E-state index is -0.941. The van der Waals surface area contributed by atoms with E-state index in [2.05, 4.69) is 6.92 Å². The van der Waals surface area contributed by atoms with Gasteiger partial charge in [0.25, 0.3) is 5.91 Å². The van der Waals surface area contributed by atoms with Crippen LogP contribution in [0, 0.1) is 5.41 Å².